The van der Waals surface area contributed by atoms with Crippen LogP contribution in [0, 0.1) is 0 Å². The summed E-state index contributed by atoms with van der Waals surface area (Å²) in [5.74, 6) is -0.266. The number of hydrogen-bond donors (Lipinski definition) is 2. The molecule has 0 unspecified atom stereocenters. The molecule has 0 saturated heterocycles. The van der Waals surface area contributed by atoms with Crippen molar-refractivity contribution in [2.24, 2.45) is 0 Å². The maximum absolute atomic E-state index is 13.3. The van der Waals surface area contributed by atoms with Gasteiger partial charge >= 0.3 is 0 Å². The molecule has 0 aliphatic carbocycles. The molecule has 0 aliphatic heterocycles. The van der Waals surface area contributed by atoms with Crippen molar-refractivity contribution in [2.45, 2.75) is 24.7 Å². The lowest BCUT2D eigenvalue weighted by Crippen LogP contribution is -2.30. The first-order valence-corrected chi connectivity index (χ1v) is 14.2. The Kier molecular flexibility index (Phi) is 9.95. The van der Waals surface area contributed by atoms with E-state index in [-0.39, 0.29) is 23.1 Å². The Bertz CT molecular complexity index is 1520. The van der Waals surface area contributed by atoms with Gasteiger partial charge in [0.15, 0.2) is 5.78 Å². The highest BCUT2D eigenvalue weighted by Gasteiger charge is 2.16. The van der Waals surface area contributed by atoms with Gasteiger partial charge in [-0.25, -0.2) is 0 Å². The van der Waals surface area contributed by atoms with Crippen LogP contribution in [0.1, 0.15) is 51.6 Å². The van der Waals surface area contributed by atoms with Gasteiger partial charge in [0.25, 0.3) is 11.8 Å². The van der Waals surface area contributed by atoms with E-state index < -0.39 is 5.91 Å². The fraction of sp³-hybridized carbons (Fsp3) is 0.121. The van der Waals surface area contributed by atoms with E-state index in [4.69, 9.17) is 11.6 Å². The van der Waals surface area contributed by atoms with Gasteiger partial charge in [-0.2, -0.15) is 0 Å². The van der Waals surface area contributed by atoms with Gasteiger partial charge in [0.2, 0.25) is 0 Å². The number of rotatable bonds is 10. The van der Waals surface area contributed by atoms with E-state index in [1.54, 1.807) is 66.7 Å². The topological polar surface area (TPSA) is 75.3 Å². The van der Waals surface area contributed by atoms with E-state index in [1.807, 2.05) is 42.5 Å². The lowest BCUT2D eigenvalue weighted by Gasteiger charge is -2.12. The van der Waals surface area contributed by atoms with Crippen molar-refractivity contribution < 1.29 is 14.4 Å². The van der Waals surface area contributed by atoms with Gasteiger partial charge in [-0.1, -0.05) is 80.0 Å². The number of benzene rings is 4. The molecule has 4 aromatic carbocycles. The van der Waals surface area contributed by atoms with Gasteiger partial charge in [-0.3, -0.25) is 14.4 Å². The van der Waals surface area contributed by atoms with Crippen molar-refractivity contribution >= 4 is 52.7 Å². The summed E-state index contributed by atoms with van der Waals surface area (Å²) in [7, 11) is 0. The normalized spacial score (nSPS) is 11.2. The quantitative estimate of drug-likeness (QED) is 0.116. The Labute approximate surface area is 243 Å². The summed E-state index contributed by atoms with van der Waals surface area (Å²) >= 11 is 7.52. The zero-order valence-corrected chi connectivity index (χ0v) is 23.8. The van der Waals surface area contributed by atoms with Crippen LogP contribution in [-0.2, 0) is 4.79 Å². The van der Waals surface area contributed by atoms with Crippen LogP contribution in [0.2, 0.25) is 5.02 Å². The zero-order valence-electron chi connectivity index (χ0n) is 22.2. The van der Waals surface area contributed by atoms with Crippen molar-refractivity contribution in [1.82, 2.24) is 5.32 Å². The number of carbonyl (C=O) groups is 3. The van der Waals surface area contributed by atoms with Crippen LogP contribution >= 0.6 is 23.4 Å². The molecule has 0 bridgehead atoms. The molecule has 0 spiro atoms. The average molecular weight is 569 g/mol. The van der Waals surface area contributed by atoms with E-state index in [9.17, 15) is 14.4 Å². The molecule has 2 amide bonds. The molecule has 5 nitrogen and oxygen atoms in total. The number of amides is 2. The molecule has 4 rings (SSSR count). The lowest BCUT2D eigenvalue weighted by molar-refractivity contribution is -0.113. The van der Waals surface area contributed by atoms with Crippen LogP contribution in [0.25, 0.3) is 6.08 Å². The maximum atomic E-state index is 13.3. The minimum Gasteiger partial charge on any atom is -0.321 e. The highest BCUT2D eigenvalue weighted by molar-refractivity contribution is 8.00. The number of anilines is 1. The highest BCUT2D eigenvalue weighted by atomic mass is 35.5. The van der Waals surface area contributed by atoms with Gasteiger partial charge in [0.05, 0.1) is 10.8 Å². The van der Waals surface area contributed by atoms with Crippen LogP contribution < -0.4 is 10.6 Å². The highest BCUT2D eigenvalue weighted by Crippen LogP contribution is 2.24. The molecule has 0 heterocycles. The summed E-state index contributed by atoms with van der Waals surface area (Å²) in [6, 6.07) is 30.8. The second kappa shape index (κ2) is 13.8. The molecule has 4 aromatic rings. The van der Waals surface area contributed by atoms with E-state index in [2.05, 4.69) is 24.5 Å². The Morgan fingerprint density at radius 3 is 2.12 bits per heavy atom. The minimum absolute atomic E-state index is 0.0571. The molecule has 0 aliphatic rings. The number of halogens is 1. The van der Waals surface area contributed by atoms with Crippen molar-refractivity contribution in [3.63, 3.8) is 0 Å². The van der Waals surface area contributed by atoms with Crippen molar-refractivity contribution in [2.75, 3.05) is 11.1 Å². The molecule has 2 N–H and O–H groups in total. The predicted octanol–water partition coefficient (Wildman–Crippen LogP) is 7.85. The first kappa shape index (κ1) is 28.9. The van der Waals surface area contributed by atoms with E-state index in [0.717, 1.165) is 10.5 Å². The Morgan fingerprint density at radius 2 is 1.48 bits per heavy atom. The standard InChI is InChI=1S/C33H29ClN2O3S/c1-22(2)24-14-12-23(13-15-24)20-30(36-32(38)25-8-4-3-5-9-25)33(39)35-26-16-18-27(19-17-26)40-21-31(37)28-10-6-7-11-29(28)34/h3-20,22H,21H2,1-2H3,(H,35,39)(H,36,38)/b30-20-. The average Bonchev–Trinajstić information content (AvgIpc) is 2.97. The van der Waals surface area contributed by atoms with Crippen molar-refractivity contribution in [1.29, 1.82) is 0 Å². The Morgan fingerprint density at radius 1 is 0.825 bits per heavy atom. The van der Waals surface area contributed by atoms with Crippen LogP contribution in [0.5, 0.6) is 0 Å². The molecule has 7 heteroatoms. The summed E-state index contributed by atoms with van der Waals surface area (Å²) in [5, 5.41) is 6.06. The van der Waals surface area contributed by atoms with Gasteiger partial charge in [0.1, 0.15) is 5.70 Å². The van der Waals surface area contributed by atoms with E-state index in [0.29, 0.717) is 27.8 Å². The fourth-order valence-corrected chi connectivity index (χ4v) is 4.86. The first-order valence-electron chi connectivity index (χ1n) is 12.8. The van der Waals surface area contributed by atoms with Gasteiger partial charge < -0.3 is 10.6 Å². The van der Waals surface area contributed by atoms with Crippen molar-refractivity contribution in [3.8, 4) is 0 Å². The van der Waals surface area contributed by atoms with Crippen LogP contribution in [0.15, 0.2) is 114 Å². The lowest BCUT2D eigenvalue weighted by atomic mass is 10.0. The van der Waals surface area contributed by atoms with Crippen molar-refractivity contribution in [3.05, 3.63) is 136 Å². The molecule has 0 saturated carbocycles. The second-order valence-corrected chi connectivity index (χ2v) is 10.8. The Balaban J connectivity index is 1.46. The third-order valence-corrected chi connectivity index (χ3v) is 7.44. The summed E-state index contributed by atoms with van der Waals surface area (Å²) in [6.07, 6.45) is 1.66. The molecule has 40 heavy (non-hydrogen) atoms. The molecule has 0 aromatic heterocycles. The molecular weight excluding hydrogens is 540 g/mol. The van der Waals surface area contributed by atoms with E-state index in [1.165, 1.54) is 17.3 Å². The SMILES string of the molecule is CC(C)c1ccc(/C=C(\NC(=O)c2ccccc2)C(=O)Nc2ccc(SCC(=O)c3ccccc3Cl)cc2)cc1. The number of thioether (sulfide) groups is 1. The second-order valence-electron chi connectivity index (χ2n) is 9.37. The number of carbonyl (C=O) groups excluding carboxylic acids is 3. The van der Waals surface area contributed by atoms with Gasteiger partial charge in [-0.05, 0) is 71.7 Å². The minimum atomic E-state index is -0.452. The van der Waals surface area contributed by atoms with E-state index >= 15 is 0 Å². The zero-order chi connectivity index (χ0) is 28.5. The molecule has 0 atom stereocenters. The van der Waals surface area contributed by atoms with Crippen LogP contribution in [-0.4, -0.2) is 23.4 Å². The Hall–Kier alpha value is -4.13. The van der Waals surface area contributed by atoms with Gasteiger partial charge in [0, 0.05) is 21.7 Å². The first-order chi connectivity index (χ1) is 19.3. The number of ketones is 1. The molecule has 202 valence electrons. The number of nitrogens with one attached hydrogen (secondary N) is 2. The third-order valence-electron chi connectivity index (χ3n) is 6.10. The number of hydrogen-bond acceptors (Lipinski definition) is 4. The summed E-state index contributed by atoms with van der Waals surface area (Å²) in [6.45, 7) is 4.23. The number of Topliss-reactive ketones (excluding diaryl/α,β-unsaturated/α-hetero) is 1. The molecular formula is C33H29ClN2O3S. The molecule has 0 radical (unpaired) electrons. The smallest absolute Gasteiger partial charge is 0.272 e. The largest absolute Gasteiger partial charge is 0.321 e. The third kappa shape index (κ3) is 7.94. The maximum Gasteiger partial charge on any atom is 0.272 e. The summed E-state index contributed by atoms with van der Waals surface area (Å²) in [5.41, 5.74) is 3.60. The summed E-state index contributed by atoms with van der Waals surface area (Å²) < 4.78 is 0. The predicted molar refractivity (Wildman–Crippen MR) is 164 cm³/mol. The van der Waals surface area contributed by atoms with Crippen LogP contribution in [0.4, 0.5) is 5.69 Å². The van der Waals surface area contributed by atoms with Crippen LogP contribution in [0.3, 0.4) is 0 Å². The fourth-order valence-electron chi connectivity index (χ4n) is 3.83. The van der Waals surface area contributed by atoms with Gasteiger partial charge in [-0.15, -0.1) is 11.8 Å². The summed E-state index contributed by atoms with van der Waals surface area (Å²) in [4.78, 5) is 39.5. The monoisotopic (exact) mass is 568 g/mol. The molecule has 0 fully saturated rings.